The molecule has 28 heavy (non-hydrogen) atoms. The summed E-state index contributed by atoms with van der Waals surface area (Å²) in [5.41, 5.74) is 13.3. The Balaban J connectivity index is 1.76. The fraction of sp³-hybridized carbons (Fsp3) is 0.160. The minimum absolute atomic E-state index is 0.0455. The lowest BCUT2D eigenvalue weighted by Crippen LogP contribution is -2.04. The number of H-pyrrole nitrogens is 1. The zero-order chi connectivity index (χ0) is 19.5. The Morgan fingerprint density at radius 2 is 1.61 bits per heavy atom. The van der Waals surface area contributed by atoms with Crippen LogP contribution < -0.4 is 5.73 Å². The molecule has 3 heteroatoms. The first-order valence-electron chi connectivity index (χ1n) is 9.75. The number of ketones is 1. The van der Waals surface area contributed by atoms with Crippen molar-refractivity contribution in [2.45, 2.75) is 19.8 Å². The summed E-state index contributed by atoms with van der Waals surface area (Å²) >= 11 is 0. The van der Waals surface area contributed by atoms with Crippen LogP contribution in [0.5, 0.6) is 0 Å². The highest BCUT2D eigenvalue weighted by molar-refractivity contribution is 6.09. The Labute approximate surface area is 165 Å². The molecule has 140 valence electrons. The van der Waals surface area contributed by atoms with Crippen molar-refractivity contribution in [1.29, 1.82) is 0 Å². The Bertz CT molecular complexity index is 1110. The van der Waals surface area contributed by atoms with Gasteiger partial charge in [0.1, 0.15) is 0 Å². The highest BCUT2D eigenvalue weighted by Crippen LogP contribution is 2.33. The standard InChI is InChI=1S/C25H24N2O/c1-2-22-21(15-16-26)24-20(9-6-10-23(24)27-22)17-11-13-19(14-12-17)25(28)18-7-4-3-5-8-18/h3-14,27H,2,15-16,26H2,1H3. The van der Waals surface area contributed by atoms with E-state index in [1.807, 2.05) is 54.6 Å². The molecule has 0 aliphatic rings. The van der Waals surface area contributed by atoms with E-state index in [0.717, 1.165) is 23.9 Å². The number of aromatic amines is 1. The first-order chi connectivity index (χ1) is 13.7. The molecule has 0 spiro atoms. The second-order valence-electron chi connectivity index (χ2n) is 6.97. The van der Waals surface area contributed by atoms with Gasteiger partial charge in [-0.15, -0.1) is 0 Å². The number of hydrogen-bond acceptors (Lipinski definition) is 2. The minimum atomic E-state index is 0.0455. The first-order valence-corrected chi connectivity index (χ1v) is 9.75. The minimum Gasteiger partial charge on any atom is -0.358 e. The number of nitrogens with two attached hydrogens (primary N) is 1. The van der Waals surface area contributed by atoms with Crippen LogP contribution in [0.4, 0.5) is 0 Å². The van der Waals surface area contributed by atoms with E-state index in [1.54, 1.807) is 0 Å². The average Bonchev–Trinajstić information content (AvgIpc) is 3.12. The molecular formula is C25H24N2O. The van der Waals surface area contributed by atoms with Gasteiger partial charge in [0.2, 0.25) is 0 Å². The van der Waals surface area contributed by atoms with Crippen molar-refractivity contribution < 1.29 is 4.79 Å². The van der Waals surface area contributed by atoms with Crippen LogP contribution >= 0.6 is 0 Å². The molecule has 0 aliphatic carbocycles. The van der Waals surface area contributed by atoms with Crippen molar-refractivity contribution in [3.63, 3.8) is 0 Å². The molecular weight excluding hydrogens is 344 g/mol. The van der Waals surface area contributed by atoms with Crippen LogP contribution in [0.15, 0.2) is 72.8 Å². The van der Waals surface area contributed by atoms with Crippen molar-refractivity contribution in [2.75, 3.05) is 6.54 Å². The van der Waals surface area contributed by atoms with Gasteiger partial charge in [-0.3, -0.25) is 4.79 Å². The SMILES string of the molecule is CCc1[nH]c2cccc(-c3ccc(C(=O)c4ccccc4)cc3)c2c1CCN. The zero-order valence-corrected chi connectivity index (χ0v) is 16.0. The van der Waals surface area contributed by atoms with Crippen LogP contribution in [0.1, 0.15) is 34.1 Å². The lowest BCUT2D eigenvalue weighted by molar-refractivity contribution is 0.103. The van der Waals surface area contributed by atoms with Crippen molar-refractivity contribution >= 4 is 16.7 Å². The van der Waals surface area contributed by atoms with Gasteiger partial charge in [-0.1, -0.05) is 73.7 Å². The molecule has 0 unspecified atom stereocenters. The van der Waals surface area contributed by atoms with E-state index < -0.39 is 0 Å². The molecule has 0 saturated carbocycles. The van der Waals surface area contributed by atoms with Gasteiger partial charge in [-0.05, 0) is 42.1 Å². The summed E-state index contributed by atoms with van der Waals surface area (Å²) in [5.74, 6) is 0.0455. The zero-order valence-electron chi connectivity index (χ0n) is 16.0. The summed E-state index contributed by atoms with van der Waals surface area (Å²) in [6.07, 6.45) is 1.80. The van der Waals surface area contributed by atoms with Gasteiger partial charge < -0.3 is 10.7 Å². The second-order valence-corrected chi connectivity index (χ2v) is 6.97. The van der Waals surface area contributed by atoms with Crippen LogP contribution in [0.3, 0.4) is 0 Å². The lowest BCUT2D eigenvalue weighted by Gasteiger charge is -2.08. The van der Waals surface area contributed by atoms with E-state index in [1.165, 1.54) is 22.2 Å². The van der Waals surface area contributed by atoms with Gasteiger partial charge in [0, 0.05) is 27.7 Å². The Hall–Kier alpha value is -3.17. The summed E-state index contributed by atoms with van der Waals surface area (Å²) in [7, 11) is 0. The fourth-order valence-corrected chi connectivity index (χ4v) is 3.89. The Morgan fingerprint density at radius 1 is 0.893 bits per heavy atom. The van der Waals surface area contributed by atoms with E-state index in [2.05, 4.69) is 30.1 Å². The maximum absolute atomic E-state index is 12.7. The number of aryl methyl sites for hydroxylation is 1. The van der Waals surface area contributed by atoms with E-state index in [-0.39, 0.29) is 5.78 Å². The molecule has 0 bridgehead atoms. The summed E-state index contributed by atoms with van der Waals surface area (Å²) < 4.78 is 0. The fourth-order valence-electron chi connectivity index (χ4n) is 3.89. The molecule has 0 aliphatic heterocycles. The molecule has 0 amide bonds. The topological polar surface area (TPSA) is 58.9 Å². The molecule has 3 aromatic carbocycles. The van der Waals surface area contributed by atoms with Crippen molar-refractivity contribution in [1.82, 2.24) is 4.98 Å². The summed E-state index contributed by atoms with van der Waals surface area (Å²) in [6, 6.07) is 23.6. The van der Waals surface area contributed by atoms with Crippen LogP contribution in [0.2, 0.25) is 0 Å². The predicted octanol–water partition coefficient (Wildman–Crippen LogP) is 5.13. The number of rotatable bonds is 6. The Morgan fingerprint density at radius 3 is 2.29 bits per heavy atom. The van der Waals surface area contributed by atoms with Gasteiger partial charge in [0.05, 0.1) is 0 Å². The maximum atomic E-state index is 12.7. The molecule has 0 saturated heterocycles. The maximum Gasteiger partial charge on any atom is 0.193 e. The van der Waals surface area contributed by atoms with Gasteiger partial charge >= 0.3 is 0 Å². The normalized spacial score (nSPS) is 11.1. The third kappa shape index (κ3) is 3.25. The van der Waals surface area contributed by atoms with E-state index in [4.69, 9.17) is 5.73 Å². The summed E-state index contributed by atoms with van der Waals surface area (Å²) in [5, 5.41) is 1.24. The van der Waals surface area contributed by atoms with E-state index in [9.17, 15) is 4.79 Å². The molecule has 1 aromatic heterocycles. The Kier molecular flexibility index (Phi) is 5.09. The third-order valence-corrected chi connectivity index (χ3v) is 5.26. The van der Waals surface area contributed by atoms with Crippen molar-refractivity contribution in [2.24, 2.45) is 5.73 Å². The van der Waals surface area contributed by atoms with E-state index >= 15 is 0 Å². The monoisotopic (exact) mass is 368 g/mol. The van der Waals surface area contributed by atoms with Crippen LogP contribution in [-0.4, -0.2) is 17.3 Å². The number of carbonyl (C=O) groups is 1. The number of fused-ring (bicyclic) bond motifs is 1. The first kappa shape index (κ1) is 18.2. The molecule has 0 radical (unpaired) electrons. The van der Waals surface area contributed by atoms with Gasteiger partial charge in [-0.25, -0.2) is 0 Å². The van der Waals surface area contributed by atoms with Gasteiger partial charge in [-0.2, -0.15) is 0 Å². The van der Waals surface area contributed by atoms with Gasteiger partial charge in [0.25, 0.3) is 0 Å². The molecule has 0 fully saturated rings. The largest absolute Gasteiger partial charge is 0.358 e. The van der Waals surface area contributed by atoms with Crippen LogP contribution in [-0.2, 0) is 12.8 Å². The average molecular weight is 368 g/mol. The summed E-state index contributed by atoms with van der Waals surface area (Å²) in [6.45, 7) is 2.78. The van der Waals surface area contributed by atoms with E-state index in [0.29, 0.717) is 17.7 Å². The molecule has 3 N–H and O–H groups in total. The second kappa shape index (κ2) is 7.83. The molecule has 3 nitrogen and oxygen atoms in total. The van der Waals surface area contributed by atoms with Crippen LogP contribution in [0, 0.1) is 0 Å². The van der Waals surface area contributed by atoms with Gasteiger partial charge in [0.15, 0.2) is 5.78 Å². The third-order valence-electron chi connectivity index (χ3n) is 5.26. The molecule has 1 heterocycles. The van der Waals surface area contributed by atoms with Crippen LogP contribution in [0.25, 0.3) is 22.0 Å². The number of benzene rings is 3. The highest BCUT2D eigenvalue weighted by Gasteiger charge is 2.15. The highest BCUT2D eigenvalue weighted by atomic mass is 16.1. The molecule has 0 atom stereocenters. The quantitative estimate of drug-likeness (QED) is 0.464. The lowest BCUT2D eigenvalue weighted by atomic mass is 9.95. The number of nitrogens with one attached hydrogen (secondary N) is 1. The summed E-state index contributed by atoms with van der Waals surface area (Å²) in [4.78, 5) is 16.2. The predicted molar refractivity (Wildman–Crippen MR) is 116 cm³/mol. The number of aromatic nitrogens is 1. The number of hydrogen-bond donors (Lipinski definition) is 2. The number of carbonyl (C=O) groups excluding carboxylic acids is 1. The van der Waals surface area contributed by atoms with Crippen molar-refractivity contribution in [3.05, 3.63) is 95.2 Å². The van der Waals surface area contributed by atoms with Crippen molar-refractivity contribution in [3.8, 4) is 11.1 Å². The molecule has 4 aromatic rings. The molecule has 4 rings (SSSR count). The smallest absolute Gasteiger partial charge is 0.193 e.